The smallest absolute Gasteiger partial charge is 0.319 e. The Labute approximate surface area is 106 Å². The zero-order valence-electron chi connectivity index (χ0n) is 11.1. The third-order valence-electron chi connectivity index (χ3n) is 2.47. The Bertz CT molecular complexity index is 580. The number of rotatable bonds is 1. The van der Waals surface area contributed by atoms with Crippen molar-refractivity contribution >= 4 is 22.8 Å². The van der Waals surface area contributed by atoms with E-state index in [1.165, 1.54) is 0 Å². The average Bonchev–Trinajstić information content (AvgIpc) is 2.57. The second-order valence-electron chi connectivity index (χ2n) is 5.39. The van der Waals surface area contributed by atoms with Crippen LogP contribution in [0.5, 0.6) is 0 Å². The minimum atomic E-state index is -0.251. The van der Waals surface area contributed by atoms with Crippen molar-refractivity contribution in [2.45, 2.75) is 26.3 Å². The van der Waals surface area contributed by atoms with E-state index in [4.69, 9.17) is 0 Å². The Morgan fingerprint density at radius 1 is 1.33 bits per heavy atom. The number of imidazole rings is 1. The molecule has 5 heteroatoms. The first kappa shape index (κ1) is 12.4. The highest BCUT2D eigenvalue weighted by atomic mass is 16.2. The van der Waals surface area contributed by atoms with Crippen molar-refractivity contribution in [2.75, 3.05) is 5.32 Å². The number of carbonyl (C=O) groups is 1. The largest absolute Gasteiger partial charge is 0.334 e. The van der Waals surface area contributed by atoms with Crippen molar-refractivity contribution < 1.29 is 4.79 Å². The number of anilines is 1. The first-order valence-corrected chi connectivity index (χ1v) is 5.85. The van der Waals surface area contributed by atoms with Crippen LogP contribution < -0.4 is 10.6 Å². The van der Waals surface area contributed by atoms with Crippen LogP contribution in [0.2, 0.25) is 0 Å². The van der Waals surface area contributed by atoms with Gasteiger partial charge >= 0.3 is 6.03 Å². The molecular weight excluding hydrogens is 228 g/mol. The SMILES string of the molecule is Cn1cnc2cc(NC(=O)NC(C)(C)C)ccc21. The van der Waals surface area contributed by atoms with Crippen LogP contribution in [0, 0.1) is 0 Å². The van der Waals surface area contributed by atoms with Crippen LogP contribution in [0.3, 0.4) is 0 Å². The van der Waals surface area contributed by atoms with E-state index < -0.39 is 0 Å². The van der Waals surface area contributed by atoms with Crippen molar-refractivity contribution in [3.05, 3.63) is 24.5 Å². The lowest BCUT2D eigenvalue weighted by molar-refractivity contribution is 0.244. The quantitative estimate of drug-likeness (QED) is 0.812. The maximum atomic E-state index is 11.7. The normalized spacial score (nSPS) is 11.6. The number of aromatic nitrogens is 2. The fourth-order valence-corrected chi connectivity index (χ4v) is 1.72. The van der Waals surface area contributed by atoms with Gasteiger partial charge in [-0.15, -0.1) is 0 Å². The van der Waals surface area contributed by atoms with Gasteiger partial charge in [-0.2, -0.15) is 0 Å². The van der Waals surface area contributed by atoms with Crippen molar-refractivity contribution in [3.63, 3.8) is 0 Å². The first-order valence-electron chi connectivity index (χ1n) is 5.85. The summed E-state index contributed by atoms with van der Waals surface area (Å²) in [7, 11) is 1.94. The maximum absolute atomic E-state index is 11.7. The van der Waals surface area contributed by atoms with Gasteiger partial charge in [-0.1, -0.05) is 0 Å². The summed E-state index contributed by atoms with van der Waals surface area (Å²) < 4.78 is 1.94. The monoisotopic (exact) mass is 246 g/mol. The second-order valence-corrected chi connectivity index (χ2v) is 5.39. The summed E-state index contributed by atoms with van der Waals surface area (Å²) in [6.45, 7) is 5.82. The van der Waals surface area contributed by atoms with Crippen LogP contribution in [-0.4, -0.2) is 21.1 Å². The Hall–Kier alpha value is -2.04. The highest BCUT2D eigenvalue weighted by molar-refractivity contribution is 5.92. The molecule has 0 atom stereocenters. The summed E-state index contributed by atoms with van der Waals surface area (Å²) in [5.74, 6) is 0. The van der Waals surface area contributed by atoms with Gasteiger partial charge in [0.15, 0.2) is 0 Å². The summed E-state index contributed by atoms with van der Waals surface area (Å²) in [5, 5.41) is 5.65. The molecule has 2 N–H and O–H groups in total. The first-order chi connectivity index (χ1) is 8.35. The molecule has 5 nitrogen and oxygen atoms in total. The molecule has 1 aromatic heterocycles. The molecule has 1 aromatic carbocycles. The molecule has 0 spiro atoms. The molecule has 0 aliphatic carbocycles. The number of hydrogen-bond donors (Lipinski definition) is 2. The summed E-state index contributed by atoms with van der Waals surface area (Å²) in [6, 6.07) is 5.46. The fraction of sp³-hybridized carbons (Fsp3) is 0.385. The summed E-state index contributed by atoms with van der Waals surface area (Å²) >= 11 is 0. The van der Waals surface area contributed by atoms with Crippen LogP contribution in [0.1, 0.15) is 20.8 Å². The van der Waals surface area contributed by atoms with E-state index in [1.54, 1.807) is 6.33 Å². The zero-order valence-corrected chi connectivity index (χ0v) is 11.1. The van der Waals surface area contributed by atoms with Crippen molar-refractivity contribution in [3.8, 4) is 0 Å². The number of aryl methyl sites for hydroxylation is 1. The molecule has 0 aliphatic rings. The molecule has 18 heavy (non-hydrogen) atoms. The van der Waals surface area contributed by atoms with Gasteiger partial charge in [-0.3, -0.25) is 0 Å². The standard InChI is InChI=1S/C13H18N4O/c1-13(2,3)16-12(18)15-9-5-6-11-10(7-9)14-8-17(11)4/h5-8H,1-4H3,(H2,15,16,18). The number of nitrogens with one attached hydrogen (secondary N) is 2. The van der Waals surface area contributed by atoms with E-state index in [1.807, 2.05) is 50.6 Å². The lowest BCUT2D eigenvalue weighted by Crippen LogP contribution is -2.43. The van der Waals surface area contributed by atoms with E-state index in [9.17, 15) is 4.79 Å². The van der Waals surface area contributed by atoms with Gasteiger partial charge < -0.3 is 15.2 Å². The minimum Gasteiger partial charge on any atom is -0.334 e. The predicted octanol–water partition coefficient (Wildman–Crippen LogP) is 2.49. The molecule has 0 saturated heterocycles. The number of nitrogens with zero attached hydrogens (tertiary/aromatic N) is 2. The molecule has 0 aliphatic heterocycles. The van der Waals surface area contributed by atoms with Gasteiger partial charge in [-0.05, 0) is 39.0 Å². The molecule has 0 saturated carbocycles. The Balaban J connectivity index is 2.15. The van der Waals surface area contributed by atoms with Crippen molar-refractivity contribution in [2.24, 2.45) is 7.05 Å². The Kier molecular flexibility index (Phi) is 2.98. The van der Waals surface area contributed by atoms with E-state index in [0.717, 1.165) is 16.7 Å². The molecule has 2 amide bonds. The third-order valence-corrected chi connectivity index (χ3v) is 2.47. The number of hydrogen-bond acceptors (Lipinski definition) is 2. The van der Waals surface area contributed by atoms with E-state index in [-0.39, 0.29) is 11.6 Å². The highest BCUT2D eigenvalue weighted by Crippen LogP contribution is 2.17. The lowest BCUT2D eigenvalue weighted by Gasteiger charge is -2.20. The summed E-state index contributed by atoms with van der Waals surface area (Å²) in [5.41, 5.74) is 2.39. The molecule has 0 bridgehead atoms. The maximum Gasteiger partial charge on any atom is 0.319 e. The molecule has 0 fully saturated rings. The number of fused-ring (bicyclic) bond motifs is 1. The van der Waals surface area contributed by atoms with Gasteiger partial charge in [0.05, 0.1) is 17.4 Å². The van der Waals surface area contributed by atoms with E-state index in [2.05, 4.69) is 15.6 Å². The average molecular weight is 246 g/mol. The van der Waals surface area contributed by atoms with Crippen LogP contribution in [-0.2, 0) is 7.05 Å². The molecule has 0 radical (unpaired) electrons. The number of benzene rings is 1. The Morgan fingerprint density at radius 2 is 2.06 bits per heavy atom. The van der Waals surface area contributed by atoms with Crippen molar-refractivity contribution in [1.82, 2.24) is 14.9 Å². The predicted molar refractivity (Wildman–Crippen MR) is 72.6 cm³/mol. The number of carbonyl (C=O) groups excluding carboxylic acids is 1. The molecular formula is C13H18N4O. The summed E-state index contributed by atoms with van der Waals surface area (Å²) in [4.78, 5) is 16.0. The zero-order chi connectivity index (χ0) is 13.3. The molecule has 1 heterocycles. The molecule has 2 aromatic rings. The molecule has 0 unspecified atom stereocenters. The number of urea groups is 1. The third kappa shape index (κ3) is 2.80. The van der Waals surface area contributed by atoms with Gasteiger partial charge in [-0.25, -0.2) is 9.78 Å². The summed E-state index contributed by atoms with van der Waals surface area (Å²) in [6.07, 6.45) is 1.75. The fourth-order valence-electron chi connectivity index (χ4n) is 1.72. The van der Waals surface area contributed by atoms with Crippen LogP contribution in [0.25, 0.3) is 11.0 Å². The molecule has 2 rings (SSSR count). The second kappa shape index (κ2) is 4.33. The Morgan fingerprint density at radius 3 is 2.72 bits per heavy atom. The molecule has 96 valence electrons. The van der Waals surface area contributed by atoms with Gasteiger partial charge in [0.25, 0.3) is 0 Å². The van der Waals surface area contributed by atoms with Crippen LogP contribution in [0.4, 0.5) is 10.5 Å². The topological polar surface area (TPSA) is 59.0 Å². The van der Waals surface area contributed by atoms with Gasteiger partial charge in [0, 0.05) is 18.3 Å². The highest BCUT2D eigenvalue weighted by Gasteiger charge is 2.13. The van der Waals surface area contributed by atoms with Crippen LogP contribution in [0.15, 0.2) is 24.5 Å². The lowest BCUT2D eigenvalue weighted by atomic mass is 10.1. The van der Waals surface area contributed by atoms with E-state index in [0.29, 0.717) is 0 Å². The van der Waals surface area contributed by atoms with Crippen LogP contribution >= 0.6 is 0 Å². The van der Waals surface area contributed by atoms with Gasteiger partial charge in [0.2, 0.25) is 0 Å². The number of amides is 2. The van der Waals surface area contributed by atoms with Crippen molar-refractivity contribution in [1.29, 1.82) is 0 Å². The van der Waals surface area contributed by atoms with E-state index >= 15 is 0 Å². The minimum absolute atomic E-state index is 0.210. The van der Waals surface area contributed by atoms with Gasteiger partial charge in [0.1, 0.15) is 0 Å².